The Morgan fingerprint density at radius 3 is 2.81 bits per heavy atom. The molecule has 1 rings (SSSR count). The largest absolute Gasteiger partial charge is 0.310 e. The normalized spacial score (nSPS) is 12.1. The molecule has 2 heteroatoms. The van der Waals surface area contributed by atoms with E-state index in [1.807, 2.05) is 13.0 Å². The number of aryl methyl sites for hydroxylation is 1. The van der Waals surface area contributed by atoms with E-state index >= 15 is 0 Å². The van der Waals surface area contributed by atoms with E-state index < -0.39 is 0 Å². The smallest absolute Gasteiger partial charge is 0.0456 e. The van der Waals surface area contributed by atoms with Crippen LogP contribution in [0.3, 0.4) is 0 Å². The summed E-state index contributed by atoms with van der Waals surface area (Å²) in [5.74, 6) is 2.67. The van der Waals surface area contributed by atoms with E-state index in [1.165, 1.54) is 5.56 Å². The summed E-state index contributed by atoms with van der Waals surface area (Å²) in [4.78, 5) is 0. The molecular weight excluding hydrogens is 218 g/mol. The molecule has 1 aromatic carbocycles. The molecule has 0 amide bonds. The molecule has 0 bridgehead atoms. The maximum atomic E-state index is 6.25. The van der Waals surface area contributed by atoms with E-state index in [1.54, 1.807) is 0 Å². The Hall–Kier alpha value is -0.970. The Morgan fingerprint density at radius 1 is 1.50 bits per heavy atom. The van der Waals surface area contributed by atoms with Crippen LogP contribution in [-0.2, 0) is 0 Å². The molecule has 0 aliphatic rings. The van der Waals surface area contributed by atoms with E-state index in [0.717, 1.165) is 30.0 Å². The van der Waals surface area contributed by atoms with E-state index in [2.05, 4.69) is 30.3 Å². The number of rotatable bonds is 5. The van der Waals surface area contributed by atoms with Crippen LogP contribution in [0.2, 0.25) is 5.02 Å². The van der Waals surface area contributed by atoms with Gasteiger partial charge in [0.05, 0.1) is 0 Å². The fraction of sp³-hybridized carbons (Fsp3) is 0.429. The molecule has 0 radical (unpaired) electrons. The first-order valence-electron chi connectivity index (χ1n) is 5.62. The maximum Gasteiger partial charge on any atom is 0.0456 e. The molecule has 1 atom stereocenters. The monoisotopic (exact) mass is 235 g/mol. The molecule has 0 aromatic heterocycles. The van der Waals surface area contributed by atoms with Crippen LogP contribution in [0.5, 0.6) is 0 Å². The van der Waals surface area contributed by atoms with Gasteiger partial charge in [-0.25, -0.2) is 0 Å². The summed E-state index contributed by atoms with van der Waals surface area (Å²) < 4.78 is 0. The van der Waals surface area contributed by atoms with Crippen molar-refractivity contribution in [2.24, 2.45) is 0 Å². The van der Waals surface area contributed by atoms with Gasteiger partial charge >= 0.3 is 0 Å². The zero-order chi connectivity index (χ0) is 12.0. The second-order valence-corrected chi connectivity index (χ2v) is 4.29. The van der Waals surface area contributed by atoms with Crippen molar-refractivity contribution in [1.29, 1.82) is 0 Å². The Kier molecular flexibility index (Phi) is 5.38. The van der Waals surface area contributed by atoms with Crippen molar-refractivity contribution in [1.82, 2.24) is 5.32 Å². The van der Waals surface area contributed by atoms with Crippen molar-refractivity contribution < 1.29 is 0 Å². The summed E-state index contributed by atoms with van der Waals surface area (Å²) in [6.07, 6.45) is 6.99. The molecular formula is C14H18ClN. The molecule has 0 aliphatic heterocycles. The van der Waals surface area contributed by atoms with E-state index in [4.69, 9.17) is 18.0 Å². The third kappa shape index (κ3) is 3.56. The molecule has 1 N–H and O–H groups in total. The third-order valence-corrected chi connectivity index (χ3v) is 2.89. The van der Waals surface area contributed by atoms with Crippen molar-refractivity contribution in [3.05, 3.63) is 34.3 Å². The van der Waals surface area contributed by atoms with E-state index in [-0.39, 0.29) is 6.04 Å². The predicted octanol–water partition coefficient (Wildman–Crippen LogP) is 3.71. The van der Waals surface area contributed by atoms with Gasteiger partial charge in [0, 0.05) is 17.5 Å². The first-order chi connectivity index (χ1) is 7.69. The molecule has 1 aromatic rings. The number of nitrogens with one attached hydrogen (secondary N) is 1. The van der Waals surface area contributed by atoms with Gasteiger partial charge in [-0.05, 0) is 37.1 Å². The summed E-state index contributed by atoms with van der Waals surface area (Å²) in [7, 11) is 0. The highest BCUT2D eigenvalue weighted by Crippen LogP contribution is 2.26. The Morgan fingerprint density at radius 2 is 2.25 bits per heavy atom. The molecule has 0 heterocycles. The molecule has 0 spiro atoms. The van der Waals surface area contributed by atoms with Crippen molar-refractivity contribution in [3.8, 4) is 12.3 Å². The van der Waals surface area contributed by atoms with Crippen molar-refractivity contribution >= 4 is 11.6 Å². The van der Waals surface area contributed by atoms with Crippen LogP contribution in [0.25, 0.3) is 0 Å². The summed E-state index contributed by atoms with van der Waals surface area (Å²) in [6.45, 7) is 5.05. The topological polar surface area (TPSA) is 12.0 Å². The minimum absolute atomic E-state index is 0.258. The molecule has 0 saturated heterocycles. The first-order valence-corrected chi connectivity index (χ1v) is 5.99. The van der Waals surface area contributed by atoms with Crippen LogP contribution in [0.1, 0.15) is 36.9 Å². The highest BCUT2D eigenvalue weighted by molar-refractivity contribution is 6.31. The van der Waals surface area contributed by atoms with Gasteiger partial charge in [-0.3, -0.25) is 0 Å². The molecule has 86 valence electrons. The Bertz CT molecular complexity index is 379. The van der Waals surface area contributed by atoms with Crippen molar-refractivity contribution in [3.63, 3.8) is 0 Å². The number of hydrogen-bond donors (Lipinski definition) is 1. The lowest BCUT2D eigenvalue weighted by Gasteiger charge is -2.18. The SMILES string of the molecule is C#CCCC(NCC)c1ccc(C)cc1Cl. The predicted molar refractivity (Wildman–Crippen MR) is 70.7 cm³/mol. The number of terminal acetylenes is 1. The molecule has 0 saturated carbocycles. The lowest BCUT2D eigenvalue weighted by Crippen LogP contribution is -2.21. The number of hydrogen-bond acceptors (Lipinski definition) is 1. The van der Waals surface area contributed by atoms with Crippen LogP contribution < -0.4 is 5.32 Å². The standard InChI is InChI=1S/C14H18ClN/c1-4-6-7-14(16-5-2)12-9-8-11(3)10-13(12)15/h1,8-10,14,16H,5-7H2,2-3H3. The van der Waals surface area contributed by atoms with Gasteiger partial charge in [-0.2, -0.15) is 0 Å². The highest BCUT2D eigenvalue weighted by Gasteiger charge is 2.12. The number of benzene rings is 1. The van der Waals surface area contributed by atoms with Gasteiger partial charge in [0.15, 0.2) is 0 Å². The molecule has 0 aliphatic carbocycles. The van der Waals surface area contributed by atoms with Crippen LogP contribution in [-0.4, -0.2) is 6.54 Å². The molecule has 0 fully saturated rings. The quantitative estimate of drug-likeness (QED) is 0.768. The average molecular weight is 236 g/mol. The first kappa shape index (κ1) is 13.1. The molecule has 16 heavy (non-hydrogen) atoms. The summed E-state index contributed by atoms with van der Waals surface area (Å²) >= 11 is 6.25. The van der Waals surface area contributed by atoms with Gasteiger partial charge in [-0.1, -0.05) is 30.7 Å². The zero-order valence-corrected chi connectivity index (χ0v) is 10.6. The fourth-order valence-electron chi connectivity index (χ4n) is 1.76. The summed E-state index contributed by atoms with van der Waals surface area (Å²) in [5, 5.41) is 4.24. The minimum atomic E-state index is 0.258. The van der Waals surface area contributed by atoms with E-state index in [0.29, 0.717) is 0 Å². The van der Waals surface area contributed by atoms with Crippen LogP contribution in [0.4, 0.5) is 0 Å². The van der Waals surface area contributed by atoms with Gasteiger partial charge in [0.2, 0.25) is 0 Å². The lowest BCUT2D eigenvalue weighted by molar-refractivity contribution is 0.523. The van der Waals surface area contributed by atoms with Crippen molar-refractivity contribution in [2.75, 3.05) is 6.54 Å². The van der Waals surface area contributed by atoms with Crippen LogP contribution >= 0.6 is 11.6 Å². The van der Waals surface area contributed by atoms with E-state index in [9.17, 15) is 0 Å². The molecule has 1 nitrogen and oxygen atoms in total. The average Bonchev–Trinajstić information content (AvgIpc) is 2.25. The third-order valence-electron chi connectivity index (χ3n) is 2.56. The fourth-order valence-corrected chi connectivity index (χ4v) is 2.12. The van der Waals surface area contributed by atoms with Gasteiger partial charge in [-0.15, -0.1) is 12.3 Å². The molecule has 1 unspecified atom stereocenters. The second-order valence-electron chi connectivity index (χ2n) is 3.88. The maximum absolute atomic E-state index is 6.25. The van der Waals surface area contributed by atoms with Gasteiger partial charge in [0.25, 0.3) is 0 Å². The summed E-state index contributed by atoms with van der Waals surface area (Å²) in [5.41, 5.74) is 2.32. The van der Waals surface area contributed by atoms with Crippen LogP contribution in [0.15, 0.2) is 18.2 Å². The summed E-state index contributed by atoms with van der Waals surface area (Å²) in [6, 6.07) is 6.43. The number of halogens is 1. The van der Waals surface area contributed by atoms with Gasteiger partial charge < -0.3 is 5.32 Å². The van der Waals surface area contributed by atoms with Gasteiger partial charge in [0.1, 0.15) is 0 Å². The highest BCUT2D eigenvalue weighted by atomic mass is 35.5. The minimum Gasteiger partial charge on any atom is -0.310 e. The zero-order valence-electron chi connectivity index (χ0n) is 9.89. The Labute approximate surface area is 103 Å². The second kappa shape index (κ2) is 6.58. The lowest BCUT2D eigenvalue weighted by atomic mass is 10.0. The van der Waals surface area contributed by atoms with Crippen LogP contribution in [0, 0.1) is 19.3 Å². The van der Waals surface area contributed by atoms with Crippen molar-refractivity contribution in [2.45, 2.75) is 32.7 Å². The Balaban J connectivity index is 2.87.